The number of carbonyl (C=O) groups excluding carboxylic acids is 2. The van der Waals surface area contributed by atoms with E-state index in [1.54, 1.807) is 45.3 Å². The van der Waals surface area contributed by atoms with Crippen molar-refractivity contribution in [2.24, 2.45) is 10.8 Å². The number of nitrogens with zero attached hydrogens (tertiary/aromatic N) is 4. The first-order valence-electron chi connectivity index (χ1n) is 39.2. The maximum absolute atomic E-state index is 11.5. The second-order valence-corrected chi connectivity index (χ2v) is 35.2. The van der Waals surface area contributed by atoms with Gasteiger partial charge in [-0.25, -0.2) is 45.3 Å². The Morgan fingerprint density at radius 3 is 0.870 bits per heavy atom. The van der Waals surface area contributed by atoms with Gasteiger partial charge < -0.3 is 30.1 Å². The van der Waals surface area contributed by atoms with E-state index in [-0.39, 0.29) is 109 Å². The molecule has 18 aromatic rings. The van der Waals surface area contributed by atoms with E-state index < -0.39 is 5.41 Å². The molecule has 0 unspecified atom stereocenters. The maximum atomic E-state index is 11.5. The van der Waals surface area contributed by atoms with Crippen LogP contribution in [-0.4, -0.2) is 41.7 Å². The SMILES string of the molecule is CC(=O)C=C(C)O.CC(C)(C)C(=O)C=C(O)C(C)(C)C.Cc1c[c-]c(-c2cc(-c3ccccc3)c3ccccc3n2)s1.Cc1ccc2c(-c3ccccc3)cc(-c3[c-]cc(C)s3)nc2c1.[Ir].[Ir].[Ir].[Ir].[c-]1cc(-c2ccccc2)sc1-c1cc(-c2ccccc2)c2ccccc2n1.[c-]1cc(-c2ccccc2)sc1-c1cc(-c2ccccc2)c2ccccc2n1. The van der Waals surface area contributed by atoms with Gasteiger partial charge in [-0.15, -0.1) is 0 Å². The van der Waals surface area contributed by atoms with E-state index in [1.807, 2.05) is 108 Å². The first kappa shape index (κ1) is 96.5. The molecule has 8 nitrogen and oxygen atoms in total. The van der Waals surface area contributed by atoms with E-state index in [9.17, 15) is 14.7 Å². The number of carbonyl (C=O) groups is 2. The van der Waals surface area contributed by atoms with Crippen molar-refractivity contribution < 1.29 is 100 Å². The molecule has 0 aliphatic rings. The summed E-state index contributed by atoms with van der Waals surface area (Å²) in [5.41, 5.74) is 20.6. The van der Waals surface area contributed by atoms with Gasteiger partial charge in [-0.1, -0.05) is 379 Å². The number of aryl methyl sites for hydroxylation is 3. The van der Waals surface area contributed by atoms with Gasteiger partial charge in [-0.3, -0.25) is 9.59 Å². The number of aromatic nitrogens is 4. The number of aliphatic hydroxyl groups is 2. The molecule has 18 rings (SSSR count). The van der Waals surface area contributed by atoms with Crippen LogP contribution in [0.5, 0.6) is 0 Å². The molecule has 0 atom stereocenters. The van der Waals surface area contributed by atoms with Crippen LogP contribution in [0.3, 0.4) is 0 Å². The van der Waals surface area contributed by atoms with Gasteiger partial charge in [-0.05, 0) is 118 Å². The van der Waals surface area contributed by atoms with Crippen LogP contribution >= 0.6 is 45.3 Å². The Labute approximate surface area is 792 Å². The molecule has 0 spiro atoms. The standard InChI is InChI=1S/2C25H16NS.C21H16NS.C20H14NS.C11H20O2.C5H8O2.4Ir/c2*1-3-9-18(10-4-1)21-17-23(26-22-14-8-7-13-20(21)22)25-16-15-24(27-25)19-11-5-2-6-12-19;1-14-8-10-17-18(16-6-4-3-5-7-16)13-20(22-19(17)12-14)21-11-9-15(2)23-21;1-14-11-12-20(22-14)19-13-17(15-7-3-2-4-8-15)16-9-5-6-10-18(16)21-19;1-10(2,3)8(12)7-9(13)11(4,5)6;1-4(6)3-5(2)7;;;;/h2*1-15,17H;3-10,12-13H,1-2H3;2-11,13H,1H3;7,12H,1-6H3;3,6H,1-2H3;;;;/q4*-1;;;;;;. The number of para-hydroxylation sites is 3. The fourth-order valence-corrected chi connectivity index (χ4v) is 16.3. The Morgan fingerprint density at radius 1 is 0.317 bits per heavy atom. The van der Waals surface area contributed by atoms with Crippen LogP contribution in [0.25, 0.3) is 151 Å². The monoisotopic (exact) mass is 2390 g/mol. The van der Waals surface area contributed by atoms with E-state index in [0.717, 1.165) is 64.4 Å². The topological polar surface area (TPSA) is 126 Å². The number of allylic oxidation sites excluding steroid dienone is 4. The average molecular weight is 2390 g/mol. The molecule has 10 aromatic carbocycles. The van der Waals surface area contributed by atoms with Crippen molar-refractivity contribution in [3.63, 3.8) is 0 Å². The number of hydrogen-bond donors (Lipinski definition) is 2. The van der Waals surface area contributed by atoms with Gasteiger partial charge in [0, 0.05) is 125 Å². The summed E-state index contributed by atoms with van der Waals surface area (Å²) in [5.74, 6) is 0.0415. The second-order valence-electron chi connectivity index (χ2n) is 30.6. The number of aliphatic hydroxyl groups excluding tert-OH is 2. The molecule has 0 amide bonds. The minimum Gasteiger partial charge on any atom is -0.512 e. The zero-order valence-corrected chi connectivity index (χ0v) is 82.6. The third-order valence-electron chi connectivity index (χ3n) is 19.1. The number of thiophene rings is 4. The van der Waals surface area contributed by atoms with Crippen LogP contribution in [0.4, 0.5) is 0 Å². The van der Waals surface area contributed by atoms with Gasteiger partial charge in [0.25, 0.3) is 0 Å². The van der Waals surface area contributed by atoms with Crippen LogP contribution in [0.1, 0.15) is 70.7 Å². The molecule has 8 heterocycles. The van der Waals surface area contributed by atoms with Crippen molar-refractivity contribution in [1.29, 1.82) is 0 Å². The van der Waals surface area contributed by atoms with Crippen molar-refractivity contribution in [3.05, 3.63) is 385 Å². The predicted octanol–water partition coefficient (Wildman–Crippen LogP) is 30.1. The van der Waals surface area contributed by atoms with Gasteiger partial charge >= 0.3 is 0 Å². The third-order valence-corrected chi connectivity index (χ3v) is 23.3. The molecule has 16 heteroatoms. The van der Waals surface area contributed by atoms with Crippen LogP contribution < -0.4 is 0 Å². The summed E-state index contributed by atoms with van der Waals surface area (Å²) in [6.45, 7) is 20.3. The Kier molecular flexibility index (Phi) is 35.6. The summed E-state index contributed by atoms with van der Waals surface area (Å²) >= 11 is 6.94. The molecule has 0 saturated heterocycles. The molecule has 0 aliphatic carbocycles. The minimum atomic E-state index is -0.417. The number of pyridine rings is 4. The van der Waals surface area contributed by atoms with Gasteiger partial charge in [0.05, 0.1) is 27.8 Å². The van der Waals surface area contributed by atoms with Gasteiger partial charge in [-0.2, -0.15) is 48.5 Å². The molecule has 4 radical (unpaired) electrons. The van der Waals surface area contributed by atoms with Crippen molar-refractivity contribution in [1.82, 2.24) is 19.9 Å². The van der Waals surface area contributed by atoms with Gasteiger partial charge in [0.2, 0.25) is 0 Å². The Balaban J connectivity index is 0.000000172. The Bertz CT molecular complexity index is 6380. The van der Waals surface area contributed by atoms with Crippen LogP contribution in [0.2, 0.25) is 0 Å². The van der Waals surface area contributed by atoms with E-state index >= 15 is 0 Å². The number of rotatable bonds is 12. The smallest absolute Gasteiger partial charge is 0.164 e. The van der Waals surface area contributed by atoms with E-state index in [2.05, 4.69) is 300 Å². The first-order chi connectivity index (χ1) is 57.5. The number of fused-ring (bicyclic) bond motifs is 4. The van der Waals surface area contributed by atoms with Gasteiger partial charge in [0.15, 0.2) is 11.6 Å². The van der Waals surface area contributed by atoms with E-state index in [4.69, 9.17) is 25.0 Å². The summed E-state index contributed by atoms with van der Waals surface area (Å²) in [5, 5.41) is 22.6. The van der Waals surface area contributed by atoms with Crippen molar-refractivity contribution in [2.45, 2.75) is 76.2 Å². The quantitative estimate of drug-likeness (QED) is 0.0704. The summed E-state index contributed by atoms with van der Waals surface area (Å²) < 4.78 is 0. The fraction of sp³-hybridized carbons (Fsp3) is 0.121. The zero-order valence-electron chi connectivity index (χ0n) is 69.7. The van der Waals surface area contributed by atoms with Gasteiger partial charge in [0.1, 0.15) is 5.76 Å². The molecular formula is C107H90Ir4N4O4S4-4. The molecule has 0 saturated carbocycles. The number of hydrogen-bond acceptors (Lipinski definition) is 12. The third kappa shape index (κ3) is 25.9. The summed E-state index contributed by atoms with van der Waals surface area (Å²) in [4.78, 5) is 50.3. The Hall–Kier alpha value is -10.3. The predicted molar refractivity (Wildman–Crippen MR) is 504 cm³/mol. The van der Waals surface area contributed by atoms with Crippen LogP contribution in [-0.2, 0) is 90.0 Å². The molecular weight excluding hydrogens is 2300 g/mol. The minimum absolute atomic E-state index is 0. The molecule has 626 valence electrons. The zero-order chi connectivity index (χ0) is 83.6. The number of ketones is 2. The molecule has 2 N–H and O–H groups in total. The molecule has 0 fully saturated rings. The first-order valence-corrected chi connectivity index (χ1v) is 42.5. The van der Waals surface area contributed by atoms with Crippen molar-refractivity contribution in [2.75, 3.05) is 0 Å². The summed E-state index contributed by atoms with van der Waals surface area (Å²) in [6.07, 6.45) is 2.50. The Morgan fingerprint density at radius 2 is 0.593 bits per heavy atom. The normalized spacial score (nSPS) is 11.0. The van der Waals surface area contributed by atoms with Crippen molar-refractivity contribution >= 4 is 101 Å². The van der Waals surface area contributed by atoms with E-state index in [1.165, 1.54) is 128 Å². The fourth-order valence-electron chi connectivity index (χ4n) is 13.0. The van der Waals surface area contributed by atoms with Crippen LogP contribution in [0, 0.1) is 55.9 Å². The van der Waals surface area contributed by atoms with Crippen molar-refractivity contribution in [3.8, 4) is 108 Å². The largest absolute Gasteiger partial charge is 0.512 e. The molecule has 8 aromatic heterocycles. The van der Waals surface area contributed by atoms with E-state index in [0.29, 0.717) is 0 Å². The second kappa shape index (κ2) is 45.3. The molecule has 0 aliphatic heterocycles. The summed E-state index contributed by atoms with van der Waals surface area (Å²) in [6, 6.07) is 125. The number of benzene rings is 10. The summed E-state index contributed by atoms with van der Waals surface area (Å²) in [7, 11) is 0. The molecule has 123 heavy (non-hydrogen) atoms. The van der Waals surface area contributed by atoms with Crippen LogP contribution in [0.15, 0.2) is 345 Å². The molecule has 0 bridgehead atoms. The average Bonchev–Trinajstić information content (AvgIpc) is 1.72. The maximum Gasteiger partial charge on any atom is 0.164 e.